The number of fused-ring (bicyclic) bond motifs is 1. The van der Waals surface area contributed by atoms with E-state index in [2.05, 4.69) is 90.4 Å². The molecular weight excluding hydrogens is 489 g/mol. The highest BCUT2D eigenvalue weighted by molar-refractivity contribution is 7.73. The Bertz CT molecular complexity index is 1440. The predicted octanol–water partition coefficient (Wildman–Crippen LogP) is 4.42. The second-order valence-electron chi connectivity index (χ2n) is 10.7. The largest absolute Gasteiger partial charge is 0.377 e. The Labute approximate surface area is 224 Å². The maximum atomic E-state index is 12.7. The van der Waals surface area contributed by atoms with Gasteiger partial charge in [-0.25, -0.2) is 0 Å². The van der Waals surface area contributed by atoms with Gasteiger partial charge in [-0.3, -0.25) is 9.59 Å². The number of nitrogens with two attached hydrogens (primary N) is 1. The summed E-state index contributed by atoms with van der Waals surface area (Å²) < 4.78 is 0. The van der Waals surface area contributed by atoms with Crippen LogP contribution in [-0.2, 0) is 6.42 Å². The van der Waals surface area contributed by atoms with Gasteiger partial charge in [0.25, 0.3) is 10.9 Å². The fraction of sp³-hybridized carbons (Fsp3) is 0.312. The monoisotopic (exact) mass is 523 g/mol. The molecule has 6 heteroatoms. The minimum Gasteiger partial charge on any atom is -0.377 e. The number of rotatable bonds is 8. The van der Waals surface area contributed by atoms with Gasteiger partial charge in [0.15, 0.2) is 0 Å². The molecular formula is C32H34N3O2P. The Morgan fingerprint density at radius 2 is 1.42 bits per heavy atom. The fourth-order valence-corrected chi connectivity index (χ4v) is 9.83. The second-order valence-corrected chi connectivity index (χ2v) is 13.2. The van der Waals surface area contributed by atoms with Gasteiger partial charge in [0, 0.05) is 12.1 Å². The van der Waals surface area contributed by atoms with Gasteiger partial charge in [-0.05, 0) is 67.4 Å². The van der Waals surface area contributed by atoms with Crippen molar-refractivity contribution in [1.82, 2.24) is 0 Å². The van der Waals surface area contributed by atoms with E-state index < -0.39 is 18.8 Å². The number of hydrogen-bond acceptors (Lipinski definition) is 5. The molecule has 1 saturated carbocycles. The van der Waals surface area contributed by atoms with E-state index in [1.54, 1.807) is 0 Å². The van der Waals surface area contributed by atoms with Crippen LogP contribution in [0, 0.1) is 5.92 Å². The zero-order chi connectivity index (χ0) is 26.2. The zero-order valence-electron chi connectivity index (χ0n) is 21.6. The maximum Gasteiger partial charge on any atom is 0.253 e. The van der Waals surface area contributed by atoms with Gasteiger partial charge in [0.2, 0.25) is 0 Å². The molecule has 4 aromatic carbocycles. The number of nitrogens with one attached hydrogen (secondary N) is 2. The summed E-state index contributed by atoms with van der Waals surface area (Å²) in [6, 6.07) is 29.6. The maximum absolute atomic E-state index is 12.7. The van der Waals surface area contributed by atoms with E-state index in [4.69, 9.17) is 5.73 Å². The number of anilines is 2. The summed E-state index contributed by atoms with van der Waals surface area (Å²) in [4.78, 5) is 25.4. The summed E-state index contributed by atoms with van der Waals surface area (Å²) in [5.41, 5.74) is 9.19. The minimum atomic E-state index is -0.552. The minimum absolute atomic E-state index is 0.0633. The van der Waals surface area contributed by atoms with Crippen LogP contribution in [0.5, 0.6) is 0 Å². The van der Waals surface area contributed by atoms with Crippen molar-refractivity contribution in [1.29, 1.82) is 0 Å². The molecule has 6 rings (SSSR count). The molecule has 0 spiro atoms. The number of benzene rings is 3. The van der Waals surface area contributed by atoms with Gasteiger partial charge in [-0.15, -0.1) is 0 Å². The topological polar surface area (TPSA) is 84.2 Å². The van der Waals surface area contributed by atoms with E-state index in [-0.39, 0.29) is 18.1 Å². The highest BCUT2D eigenvalue weighted by atomic mass is 31.1. The Hall–Kier alpha value is -3.27. The van der Waals surface area contributed by atoms with Crippen molar-refractivity contribution in [2.75, 3.05) is 10.6 Å². The molecule has 2 aliphatic carbocycles. The van der Waals surface area contributed by atoms with E-state index in [0.717, 1.165) is 24.8 Å². The molecule has 5 atom stereocenters. The second kappa shape index (κ2) is 10.5. The van der Waals surface area contributed by atoms with E-state index in [9.17, 15) is 9.59 Å². The van der Waals surface area contributed by atoms with Gasteiger partial charge in [0.1, 0.15) is 11.4 Å². The fourth-order valence-electron chi connectivity index (χ4n) is 6.55. The summed E-state index contributed by atoms with van der Waals surface area (Å²) in [5, 5.41) is 9.65. The molecule has 1 fully saturated rings. The third kappa shape index (κ3) is 4.48. The Morgan fingerprint density at radius 1 is 0.816 bits per heavy atom. The third-order valence-corrected chi connectivity index (χ3v) is 11.4. The predicted molar refractivity (Wildman–Crippen MR) is 159 cm³/mol. The van der Waals surface area contributed by atoms with E-state index in [1.165, 1.54) is 22.6 Å². The van der Waals surface area contributed by atoms with Crippen LogP contribution in [0.2, 0.25) is 0 Å². The lowest BCUT2D eigenvalue weighted by Crippen LogP contribution is -2.43. The van der Waals surface area contributed by atoms with Crippen LogP contribution < -0.4 is 37.8 Å². The molecule has 4 aromatic rings. The highest BCUT2D eigenvalue weighted by Crippen LogP contribution is 2.51. The summed E-state index contributed by atoms with van der Waals surface area (Å²) in [7, 11) is -0.552. The third-order valence-electron chi connectivity index (χ3n) is 8.43. The van der Waals surface area contributed by atoms with Crippen LogP contribution >= 0.6 is 7.92 Å². The van der Waals surface area contributed by atoms with Crippen molar-refractivity contribution in [3.63, 3.8) is 0 Å². The molecule has 0 bridgehead atoms. The van der Waals surface area contributed by atoms with Crippen LogP contribution in [0.15, 0.2) is 94.5 Å². The SMILES string of the molecule is C[C@@H](Nc1c(N[C@H]2c3ccccc3C[C@@H]2N)c(=O)c1=O)[C@@H]1CCCC1P(c1ccccc1)c1ccccc1. The van der Waals surface area contributed by atoms with Crippen molar-refractivity contribution in [3.05, 3.63) is 117 Å². The van der Waals surface area contributed by atoms with Gasteiger partial charge >= 0.3 is 0 Å². The van der Waals surface area contributed by atoms with E-state index >= 15 is 0 Å². The first-order chi connectivity index (χ1) is 18.5. The molecule has 0 amide bonds. The van der Waals surface area contributed by atoms with Gasteiger partial charge in [-0.2, -0.15) is 0 Å². The zero-order valence-corrected chi connectivity index (χ0v) is 22.5. The van der Waals surface area contributed by atoms with Gasteiger partial charge in [0.05, 0.1) is 6.04 Å². The Kier molecular flexibility index (Phi) is 6.90. The Morgan fingerprint density at radius 3 is 2.11 bits per heavy atom. The summed E-state index contributed by atoms with van der Waals surface area (Å²) in [5.74, 6) is 0.397. The van der Waals surface area contributed by atoms with E-state index in [1.807, 2.05) is 12.1 Å². The summed E-state index contributed by atoms with van der Waals surface area (Å²) in [6.07, 6.45) is 4.20. The van der Waals surface area contributed by atoms with Crippen LogP contribution in [0.1, 0.15) is 43.4 Å². The van der Waals surface area contributed by atoms with Gasteiger partial charge in [-0.1, -0.05) is 91.3 Å². The van der Waals surface area contributed by atoms with Crippen molar-refractivity contribution in [3.8, 4) is 0 Å². The lowest BCUT2D eigenvalue weighted by Gasteiger charge is -2.34. The molecule has 2 aliphatic rings. The van der Waals surface area contributed by atoms with Crippen molar-refractivity contribution < 1.29 is 0 Å². The Balaban J connectivity index is 1.25. The normalized spacial score (nSPS) is 23.4. The molecule has 4 N–H and O–H groups in total. The first kappa shape index (κ1) is 25.0. The molecule has 38 heavy (non-hydrogen) atoms. The van der Waals surface area contributed by atoms with Crippen molar-refractivity contribution >= 4 is 29.9 Å². The summed E-state index contributed by atoms with van der Waals surface area (Å²) >= 11 is 0. The average molecular weight is 524 g/mol. The first-order valence-electron chi connectivity index (χ1n) is 13.6. The molecule has 1 unspecified atom stereocenters. The van der Waals surface area contributed by atoms with Crippen molar-refractivity contribution in [2.24, 2.45) is 11.7 Å². The first-order valence-corrected chi connectivity index (χ1v) is 15.0. The molecule has 5 nitrogen and oxygen atoms in total. The summed E-state index contributed by atoms with van der Waals surface area (Å²) in [6.45, 7) is 2.17. The van der Waals surface area contributed by atoms with Gasteiger partial charge < -0.3 is 16.4 Å². The van der Waals surface area contributed by atoms with Crippen LogP contribution in [-0.4, -0.2) is 17.7 Å². The molecule has 0 radical (unpaired) electrons. The highest BCUT2D eigenvalue weighted by Gasteiger charge is 2.39. The molecule has 194 valence electrons. The smallest absolute Gasteiger partial charge is 0.253 e. The lowest BCUT2D eigenvalue weighted by atomic mass is 9.98. The molecule has 0 saturated heterocycles. The molecule has 0 heterocycles. The van der Waals surface area contributed by atoms with Crippen LogP contribution in [0.25, 0.3) is 0 Å². The quantitative estimate of drug-likeness (QED) is 0.235. The standard InChI is InChI=1S/C32H34N3O2P/c1-20(24-17-10-18-27(24)38(22-12-4-2-5-13-22)23-14-6-3-7-15-23)34-29-30(32(37)31(29)36)35-28-25-16-9-8-11-21(25)19-26(28)33/h2-9,11-16,20,24,26-28,34-35H,10,17-19,33H2,1H3/t20-,24+,26+,27?,28+/m1/s1. The molecule has 0 aliphatic heterocycles. The van der Waals surface area contributed by atoms with Crippen molar-refractivity contribution in [2.45, 2.75) is 56.4 Å². The average Bonchev–Trinajstić information content (AvgIpc) is 3.56. The lowest BCUT2D eigenvalue weighted by molar-refractivity contribution is 0.488. The van der Waals surface area contributed by atoms with Crippen LogP contribution in [0.4, 0.5) is 11.4 Å². The van der Waals surface area contributed by atoms with Crippen LogP contribution in [0.3, 0.4) is 0 Å². The number of hydrogen-bond donors (Lipinski definition) is 3. The van der Waals surface area contributed by atoms with E-state index in [0.29, 0.717) is 23.0 Å². The molecule has 0 aromatic heterocycles.